The van der Waals surface area contributed by atoms with Gasteiger partial charge in [0, 0.05) is 23.4 Å². The minimum atomic E-state index is -3.92. The molecule has 1 saturated carbocycles. The fourth-order valence-corrected chi connectivity index (χ4v) is 4.28. The monoisotopic (exact) mass is 396 g/mol. The smallest absolute Gasteiger partial charge is 0.255 e. The van der Waals surface area contributed by atoms with Crippen LogP contribution in [0.25, 0.3) is 0 Å². The van der Waals surface area contributed by atoms with Gasteiger partial charge in [0.2, 0.25) is 10.0 Å². The molecule has 0 aromatic heterocycles. The highest BCUT2D eigenvalue weighted by molar-refractivity contribution is 7.89. The van der Waals surface area contributed by atoms with Gasteiger partial charge >= 0.3 is 0 Å². The number of sulfonamides is 1. The molecule has 0 aliphatic heterocycles. The second-order valence-corrected chi connectivity index (χ2v) is 8.05. The van der Waals surface area contributed by atoms with Crippen LogP contribution in [0, 0.1) is 11.6 Å². The summed E-state index contributed by atoms with van der Waals surface area (Å²) in [6.45, 7) is 0. The molecule has 3 rings (SSSR count). The normalized spacial score (nSPS) is 19.8. The lowest BCUT2D eigenvalue weighted by atomic mass is 10.2. The van der Waals surface area contributed by atoms with Crippen LogP contribution in [0.2, 0.25) is 0 Å². The van der Waals surface area contributed by atoms with Gasteiger partial charge in [-0.2, -0.15) is 0 Å². The molecule has 0 radical (unpaired) electrons. The molecule has 0 saturated heterocycles. The maximum atomic E-state index is 13.2. The Kier molecular flexibility index (Phi) is 5.54. The average Bonchev–Trinajstić information content (AvgIpc) is 3.02. The van der Waals surface area contributed by atoms with Gasteiger partial charge in [0.05, 0.1) is 11.0 Å². The van der Waals surface area contributed by atoms with E-state index in [1.807, 2.05) is 0 Å². The van der Waals surface area contributed by atoms with Crippen molar-refractivity contribution in [3.8, 4) is 0 Å². The fraction of sp³-hybridized carbons (Fsp3) is 0.278. The summed E-state index contributed by atoms with van der Waals surface area (Å²) in [5.74, 6) is -2.82. The maximum absolute atomic E-state index is 13.2. The van der Waals surface area contributed by atoms with Crippen molar-refractivity contribution in [1.82, 2.24) is 4.72 Å². The van der Waals surface area contributed by atoms with Crippen LogP contribution in [0.3, 0.4) is 0 Å². The number of carbonyl (C=O) groups is 1. The molecule has 1 aliphatic rings. The molecule has 3 N–H and O–H groups in total. The minimum Gasteiger partial charge on any atom is -0.391 e. The lowest BCUT2D eigenvalue weighted by Crippen LogP contribution is -2.39. The molecule has 6 nitrogen and oxygen atoms in total. The quantitative estimate of drug-likeness (QED) is 0.723. The van der Waals surface area contributed by atoms with Crippen molar-refractivity contribution in [1.29, 1.82) is 0 Å². The van der Waals surface area contributed by atoms with Crippen LogP contribution in [-0.2, 0) is 10.0 Å². The molecule has 2 aromatic carbocycles. The molecule has 144 valence electrons. The van der Waals surface area contributed by atoms with Crippen LogP contribution in [0.5, 0.6) is 0 Å². The van der Waals surface area contributed by atoms with E-state index in [1.165, 1.54) is 30.3 Å². The van der Waals surface area contributed by atoms with Gasteiger partial charge in [0.1, 0.15) is 0 Å². The van der Waals surface area contributed by atoms with Gasteiger partial charge in [-0.3, -0.25) is 4.79 Å². The number of aliphatic hydroxyl groups excluding tert-OH is 1. The van der Waals surface area contributed by atoms with Crippen molar-refractivity contribution < 1.29 is 27.1 Å². The van der Waals surface area contributed by atoms with Gasteiger partial charge in [-0.15, -0.1) is 0 Å². The van der Waals surface area contributed by atoms with E-state index in [1.54, 1.807) is 0 Å². The molecule has 1 amide bonds. The van der Waals surface area contributed by atoms with E-state index in [0.717, 1.165) is 18.6 Å². The summed E-state index contributed by atoms with van der Waals surface area (Å²) >= 11 is 0. The maximum Gasteiger partial charge on any atom is 0.255 e. The number of hydrogen-bond acceptors (Lipinski definition) is 4. The summed E-state index contributed by atoms with van der Waals surface area (Å²) in [6, 6.07) is 7.66. The molecule has 0 spiro atoms. The zero-order chi connectivity index (χ0) is 19.6. The Morgan fingerprint density at radius 3 is 2.52 bits per heavy atom. The predicted molar refractivity (Wildman–Crippen MR) is 94.7 cm³/mol. The summed E-state index contributed by atoms with van der Waals surface area (Å²) in [5, 5.41) is 12.2. The third-order valence-electron chi connectivity index (χ3n) is 4.37. The number of benzene rings is 2. The van der Waals surface area contributed by atoms with E-state index in [4.69, 9.17) is 0 Å². The Morgan fingerprint density at radius 2 is 1.85 bits per heavy atom. The summed E-state index contributed by atoms with van der Waals surface area (Å²) in [6.07, 6.45) is 1.06. The topological polar surface area (TPSA) is 95.5 Å². The van der Waals surface area contributed by atoms with Gasteiger partial charge in [0.25, 0.3) is 5.91 Å². The molecule has 27 heavy (non-hydrogen) atoms. The highest BCUT2D eigenvalue weighted by Gasteiger charge is 2.30. The molecule has 9 heteroatoms. The van der Waals surface area contributed by atoms with Gasteiger partial charge in [-0.05, 0) is 49.6 Å². The van der Waals surface area contributed by atoms with E-state index in [2.05, 4.69) is 10.0 Å². The summed E-state index contributed by atoms with van der Waals surface area (Å²) in [5.41, 5.74) is 0.0777. The van der Waals surface area contributed by atoms with E-state index >= 15 is 0 Å². The molecular weight excluding hydrogens is 378 g/mol. The number of aliphatic hydroxyl groups is 1. The van der Waals surface area contributed by atoms with Gasteiger partial charge in [-0.1, -0.05) is 6.07 Å². The van der Waals surface area contributed by atoms with Crippen LogP contribution < -0.4 is 10.0 Å². The first-order valence-corrected chi connectivity index (χ1v) is 9.81. The minimum absolute atomic E-state index is 0.0366. The van der Waals surface area contributed by atoms with Crippen LogP contribution in [0.15, 0.2) is 47.4 Å². The van der Waals surface area contributed by atoms with Crippen LogP contribution in [-0.4, -0.2) is 31.6 Å². The number of halogens is 2. The zero-order valence-corrected chi connectivity index (χ0v) is 15.0. The molecule has 0 bridgehead atoms. The van der Waals surface area contributed by atoms with Crippen LogP contribution in [0.4, 0.5) is 14.5 Å². The summed E-state index contributed by atoms with van der Waals surface area (Å²) < 4.78 is 53.7. The van der Waals surface area contributed by atoms with Crippen LogP contribution in [0.1, 0.15) is 29.6 Å². The fourth-order valence-electron chi connectivity index (χ4n) is 2.93. The second-order valence-electron chi connectivity index (χ2n) is 6.34. The highest BCUT2D eigenvalue weighted by atomic mass is 32.2. The predicted octanol–water partition coefficient (Wildman–Crippen LogP) is 2.41. The van der Waals surface area contributed by atoms with Gasteiger partial charge in [-0.25, -0.2) is 21.9 Å². The molecule has 0 heterocycles. The van der Waals surface area contributed by atoms with E-state index in [9.17, 15) is 27.1 Å². The third-order valence-corrected chi connectivity index (χ3v) is 5.86. The summed E-state index contributed by atoms with van der Waals surface area (Å²) in [7, 11) is -3.92. The Labute approximate surface area is 155 Å². The Hall–Kier alpha value is -2.36. The molecule has 2 atom stereocenters. The van der Waals surface area contributed by atoms with Gasteiger partial charge < -0.3 is 10.4 Å². The number of rotatable bonds is 5. The second kappa shape index (κ2) is 7.71. The van der Waals surface area contributed by atoms with Gasteiger partial charge in [0.15, 0.2) is 11.6 Å². The van der Waals surface area contributed by atoms with Crippen molar-refractivity contribution in [2.45, 2.75) is 36.3 Å². The summed E-state index contributed by atoms with van der Waals surface area (Å²) in [4.78, 5) is 12.2. The number of anilines is 1. The number of nitrogens with one attached hydrogen (secondary N) is 2. The first-order chi connectivity index (χ1) is 12.8. The molecule has 1 fully saturated rings. The number of hydrogen-bond donors (Lipinski definition) is 3. The van der Waals surface area contributed by atoms with E-state index in [0.29, 0.717) is 12.8 Å². The molecule has 2 unspecified atom stereocenters. The first-order valence-electron chi connectivity index (χ1n) is 8.33. The standard InChI is InChI=1S/C18H18F2N2O4S/c19-14-8-7-12(10-15(14)20)21-18(24)11-3-1-4-13(9-11)27(25,26)22-16-5-2-6-17(16)23/h1,3-4,7-10,16-17,22-23H,2,5-6H2,(H,21,24). The van der Waals surface area contributed by atoms with Crippen molar-refractivity contribution >= 4 is 21.6 Å². The third kappa shape index (κ3) is 4.49. The van der Waals surface area contributed by atoms with Crippen molar-refractivity contribution in [3.05, 3.63) is 59.7 Å². The Bertz CT molecular complexity index is 966. The lowest BCUT2D eigenvalue weighted by molar-refractivity contribution is 0.102. The van der Waals surface area contributed by atoms with Crippen molar-refractivity contribution in [3.63, 3.8) is 0 Å². The highest BCUT2D eigenvalue weighted by Crippen LogP contribution is 2.22. The van der Waals surface area contributed by atoms with Crippen molar-refractivity contribution in [2.75, 3.05) is 5.32 Å². The largest absolute Gasteiger partial charge is 0.391 e. The molecule has 1 aliphatic carbocycles. The SMILES string of the molecule is O=C(Nc1ccc(F)c(F)c1)c1cccc(S(=O)(=O)NC2CCCC2O)c1. The number of carbonyl (C=O) groups excluding carboxylic acids is 1. The zero-order valence-electron chi connectivity index (χ0n) is 14.2. The average molecular weight is 396 g/mol. The Morgan fingerprint density at radius 1 is 1.07 bits per heavy atom. The van der Waals surface area contributed by atoms with E-state index in [-0.39, 0.29) is 16.1 Å². The number of amides is 1. The molecular formula is C18H18F2N2O4S. The van der Waals surface area contributed by atoms with Crippen LogP contribution >= 0.6 is 0 Å². The Balaban J connectivity index is 1.77. The van der Waals surface area contributed by atoms with E-state index < -0.39 is 39.7 Å². The van der Waals surface area contributed by atoms with Crippen molar-refractivity contribution in [2.24, 2.45) is 0 Å². The molecule has 2 aromatic rings. The first kappa shape index (κ1) is 19.4. The lowest BCUT2D eigenvalue weighted by Gasteiger charge is -2.17.